The van der Waals surface area contributed by atoms with Crippen molar-refractivity contribution in [2.45, 2.75) is 32.7 Å². The summed E-state index contributed by atoms with van der Waals surface area (Å²) in [4.78, 5) is 0. The lowest BCUT2D eigenvalue weighted by molar-refractivity contribution is 0.323. The van der Waals surface area contributed by atoms with Crippen molar-refractivity contribution in [1.29, 1.82) is 0 Å². The highest BCUT2D eigenvalue weighted by Gasteiger charge is 2.16. The van der Waals surface area contributed by atoms with Crippen molar-refractivity contribution in [2.75, 3.05) is 21.3 Å². The van der Waals surface area contributed by atoms with Crippen molar-refractivity contribution in [3.8, 4) is 17.2 Å². The molecule has 19 heavy (non-hydrogen) atoms. The number of nitrogens with two attached hydrogens (primary N) is 1. The summed E-state index contributed by atoms with van der Waals surface area (Å²) in [5.74, 6) is 2.55. The molecular weight excluding hydrogens is 242 g/mol. The fraction of sp³-hybridized carbons (Fsp3) is 0.600. The van der Waals surface area contributed by atoms with Gasteiger partial charge in [0.15, 0.2) is 11.5 Å². The number of benzene rings is 1. The number of hydrogen-bond acceptors (Lipinski definition) is 4. The Hall–Kier alpha value is -1.42. The number of hydrogen-bond donors (Lipinski definition) is 1. The van der Waals surface area contributed by atoms with E-state index in [0.29, 0.717) is 23.2 Å². The molecule has 0 spiro atoms. The van der Waals surface area contributed by atoms with E-state index in [0.717, 1.165) is 18.4 Å². The van der Waals surface area contributed by atoms with E-state index in [4.69, 9.17) is 19.9 Å². The van der Waals surface area contributed by atoms with Crippen LogP contribution in [-0.2, 0) is 0 Å². The first-order valence-electron chi connectivity index (χ1n) is 6.59. The summed E-state index contributed by atoms with van der Waals surface area (Å²) < 4.78 is 16.0. The molecule has 1 atom stereocenters. The maximum absolute atomic E-state index is 6.23. The molecule has 0 aliphatic heterocycles. The molecule has 4 heteroatoms. The van der Waals surface area contributed by atoms with Crippen LogP contribution in [0.25, 0.3) is 0 Å². The third-order valence-corrected chi connectivity index (χ3v) is 3.17. The average Bonchev–Trinajstić information content (AvgIpc) is 2.42. The minimum atomic E-state index is -0.0175. The van der Waals surface area contributed by atoms with Crippen LogP contribution in [0, 0.1) is 5.92 Å². The molecule has 0 saturated heterocycles. The van der Waals surface area contributed by atoms with Gasteiger partial charge in [0, 0.05) is 6.04 Å². The lowest BCUT2D eigenvalue weighted by atomic mass is 9.98. The van der Waals surface area contributed by atoms with Gasteiger partial charge < -0.3 is 19.9 Å². The fourth-order valence-electron chi connectivity index (χ4n) is 2.00. The van der Waals surface area contributed by atoms with E-state index in [9.17, 15) is 0 Å². The van der Waals surface area contributed by atoms with Crippen molar-refractivity contribution < 1.29 is 14.2 Å². The Kier molecular flexibility index (Phi) is 5.96. The second kappa shape index (κ2) is 7.24. The van der Waals surface area contributed by atoms with E-state index in [1.807, 2.05) is 12.1 Å². The van der Waals surface area contributed by atoms with E-state index >= 15 is 0 Å². The molecule has 0 saturated carbocycles. The summed E-state index contributed by atoms with van der Waals surface area (Å²) in [6.07, 6.45) is 2.04. The van der Waals surface area contributed by atoms with Crippen molar-refractivity contribution in [3.63, 3.8) is 0 Å². The van der Waals surface area contributed by atoms with Crippen LogP contribution in [0.5, 0.6) is 17.2 Å². The molecular formula is C15H25NO3. The van der Waals surface area contributed by atoms with Crippen molar-refractivity contribution in [3.05, 3.63) is 17.7 Å². The molecule has 0 amide bonds. The van der Waals surface area contributed by atoms with Crippen LogP contribution >= 0.6 is 0 Å². The summed E-state index contributed by atoms with van der Waals surface area (Å²) in [6, 6.07) is 3.83. The quantitative estimate of drug-likeness (QED) is 0.824. The van der Waals surface area contributed by atoms with Gasteiger partial charge in [-0.05, 0) is 36.5 Å². The molecule has 2 N–H and O–H groups in total. The highest BCUT2D eigenvalue weighted by Crippen LogP contribution is 2.39. The maximum atomic E-state index is 6.23. The van der Waals surface area contributed by atoms with E-state index in [-0.39, 0.29) is 6.04 Å². The van der Waals surface area contributed by atoms with Crippen molar-refractivity contribution >= 4 is 0 Å². The van der Waals surface area contributed by atoms with E-state index in [1.165, 1.54) is 0 Å². The maximum Gasteiger partial charge on any atom is 0.203 e. The molecule has 0 unspecified atom stereocenters. The second-order valence-electron chi connectivity index (χ2n) is 5.04. The molecule has 0 aromatic heterocycles. The third-order valence-electron chi connectivity index (χ3n) is 3.17. The van der Waals surface area contributed by atoms with Crippen LogP contribution in [0.3, 0.4) is 0 Å². The zero-order chi connectivity index (χ0) is 14.4. The van der Waals surface area contributed by atoms with Gasteiger partial charge in [-0.25, -0.2) is 0 Å². The Morgan fingerprint density at radius 2 is 1.47 bits per heavy atom. The fourth-order valence-corrected chi connectivity index (χ4v) is 2.00. The molecule has 0 aliphatic rings. The Labute approximate surface area is 115 Å². The summed E-state index contributed by atoms with van der Waals surface area (Å²) in [5, 5.41) is 0. The standard InChI is InChI=1S/C15H25NO3/c1-10(2)6-7-12(16)11-8-13(17-3)15(19-5)14(9-11)18-4/h8-10,12H,6-7,16H2,1-5H3/t12-/m0/s1. The molecule has 0 aliphatic carbocycles. The van der Waals surface area contributed by atoms with Crippen LogP contribution in [0.2, 0.25) is 0 Å². The molecule has 0 bridgehead atoms. The topological polar surface area (TPSA) is 53.7 Å². The first-order valence-corrected chi connectivity index (χ1v) is 6.59. The minimum Gasteiger partial charge on any atom is -0.493 e. The Morgan fingerprint density at radius 3 is 1.84 bits per heavy atom. The van der Waals surface area contributed by atoms with Crippen LogP contribution in [0.4, 0.5) is 0 Å². The summed E-state index contributed by atoms with van der Waals surface area (Å²) in [7, 11) is 4.82. The molecule has 1 aromatic rings. The normalized spacial score (nSPS) is 12.4. The Balaban J connectivity index is 3.01. The Morgan fingerprint density at radius 1 is 0.947 bits per heavy atom. The zero-order valence-corrected chi connectivity index (χ0v) is 12.5. The number of rotatable bonds is 7. The molecule has 0 heterocycles. The summed E-state index contributed by atoms with van der Waals surface area (Å²) >= 11 is 0. The van der Waals surface area contributed by atoms with E-state index in [1.54, 1.807) is 21.3 Å². The van der Waals surface area contributed by atoms with Crippen LogP contribution < -0.4 is 19.9 Å². The zero-order valence-electron chi connectivity index (χ0n) is 12.5. The van der Waals surface area contributed by atoms with Gasteiger partial charge in [0.05, 0.1) is 21.3 Å². The minimum absolute atomic E-state index is 0.0175. The predicted octanol–water partition coefficient (Wildman–Crippen LogP) is 3.15. The van der Waals surface area contributed by atoms with E-state index in [2.05, 4.69) is 13.8 Å². The van der Waals surface area contributed by atoms with Gasteiger partial charge in [0.25, 0.3) is 0 Å². The summed E-state index contributed by atoms with van der Waals surface area (Å²) in [6.45, 7) is 4.39. The summed E-state index contributed by atoms with van der Waals surface area (Å²) in [5.41, 5.74) is 7.24. The van der Waals surface area contributed by atoms with Gasteiger partial charge in [-0.1, -0.05) is 13.8 Å². The van der Waals surface area contributed by atoms with Crippen molar-refractivity contribution in [1.82, 2.24) is 0 Å². The lowest BCUT2D eigenvalue weighted by Crippen LogP contribution is -2.12. The van der Waals surface area contributed by atoms with Crippen LogP contribution in [0.15, 0.2) is 12.1 Å². The number of methoxy groups -OCH3 is 3. The largest absolute Gasteiger partial charge is 0.493 e. The van der Waals surface area contributed by atoms with Crippen LogP contribution in [0.1, 0.15) is 38.3 Å². The molecule has 0 radical (unpaired) electrons. The lowest BCUT2D eigenvalue weighted by Gasteiger charge is -2.18. The average molecular weight is 267 g/mol. The molecule has 1 aromatic carbocycles. The Bertz CT molecular complexity index is 379. The highest BCUT2D eigenvalue weighted by molar-refractivity contribution is 5.54. The van der Waals surface area contributed by atoms with Gasteiger partial charge in [-0.2, -0.15) is 0 Å². The van der Waals surface area contributed by atoms with E-state index < -0.39 is 0 Å². The predicted molar refractivity (Wildman–Crippen MR) is 77.1 cm³/mol. The van der Waals surface area contributed by atoms with Gasteiger partial charge in [0.1, 0.15) is 0 Å². The molecule has 1 rings (SSSR count). The van der Waals surface area contributed by atoms with Crippen LogP contribution in [-0.4, -0.2) is 21.3 Å². The molecule has 108 valence electrons. The smallest absolute Gasteiger partial charge is 0.203 e. The SMILES string of the molecule is COc1cc([C@@H](N)CCC(C)C)cc(OC)c1OC. The number of ether oxygens (including phenoxy) is 3. The van der Waals surface area contributed by atoms with Gasteiger partial charge in [-0.15, -0.1) is 0 Å². The first kappa shape index (κ1) is 15.6. The highest BCUT2D eigenvalue weighted by atomic mass is 16.5. The third kappa shape index (κ3) is 4.03. The second-order valence-corrected chi connectivity index (χ2v) is 5.04. The van der Waals surface area contributed by atoms with Gasteiger partial charge in [0.2, 0.25) is 5.75 Å². The first-order chi connectivity index (χ1) is 9.03. The molecule has 4 nitrogen and oxygen atoms in total. The molecule has 0 fully saturated rings. The van der Waals surface area contributed by atoms with Crippen molar-refractivity contribution in [2.24, 2.45) is 11.7 Å². The van der Waals surface area contributed by atoms with Gasteiger partial charge in [-0.3, -0.25) is 0 Å². The van der Waals surface area contributed by atoms with Gasteiger partial charge >= 0.3 is 0 Å². The monoisotopic (exact) mass is 267 g/mol.